The first-order chi connectivity index (χ1) is 10.9. The van der Waals surface area contributed by atoms with Gasteiger partial charge in [-0.25, -0.2) is 9.59 Å². The molecule has 2 fully saturated rings. The minimum absolute atomic E-state index is 0.0342. The summed E-state index contributed by atoms with van der Waals surface area (Å²) in [5, 5.41) is 0. The molecule has 1 aromatic carbocycles. The number of benzene rings is 1. The molecule has 0 spiro atoms. The van der Waals surface area contributed by atoms with E-state index in [1.807, 2.05) is 32.3 Å². The van der Waals surface area contributed by atoms with Crippen LogP contribution in [0.15, 0.2) is 30.3 Å². The lowest BCUT2D eigenvalue weighted by Gasteiger charge is -2.57. The first-order valence-electron chi connectivity index (χ1n) is 7.90. The van der Waals surface area contributed by atoms with Gasteiger partial charge in [0.2, 0.25) is 0 Å². The van der Waals surface area contributed by atoms with E-state index >= 15 is 0 Å². The predicted octanol–water partition coefficient (Wildman–Crippen LogP) is 2.05. The zero-order valence-corrected chi connectivity index (χ0v) is 14.3. The van der Waals surface area contributed by atoms with Gasteiger partial charge in [0.05, 0.1) is 6.04 Å². The summed E-state index contributed by atoms with van der Waals surface area (Å²) in [6.45, 7) is 2.07. The molecule has 3 rings (SSSR count). The Labute approximate surface area is 137 Å². The van der Waals surface area contributed by atoms with E-state index < -0.39 is 0 Å². The first-order valence-corrected chi connectivity index (χ1v) is 7.90. The van der Waals surface area contributed by atoms with Crippen LogP contribution in [0.3, 0.4) is 0 Å². The fourth-order valence-electron chi connectivity index (χ4n) is 4.08. The molecule has 2 heterocycles. The molecule has 1 aromatic rings. The van der Waals surface area contributed by atoms with Crippen molar-refractivity contribution in [2.75, 3.05) is 28.2 Å². The number of carbonyl (C=O) groups is 2. The topological polar surface area (TPSA) is 47.1 Å². The Bertz CT molecular complexity index is 616. The molecule has 124 valence electrons. The van der Waals surface area contributed by atoms with Gasteiger partial charge in [-0.15, -0.1) is 0 Å². The van der Waals surface area contributed by atoms with Crippen LogP contribution in [-0.4, -0.2) is 72.1 Å². The molecule has 0 bridgehead atoms. The van der Waals surface area contributed by atoms with Crippen molar-refractivity contribution in [1.29, 1.82) is 0 Å². The van der Waals surface area contributed by atoms with Crippen LogP contribution in [0.1, 0.15) is 18.5 Å². The fraction of sp³-hybridized carbons (Fsp3) is 0.529. The van der Waals surface area contributed by atoms with E-state index in [0.717, 1.165) is 5.56 Å². The Hall–Kier alpha value is -2.24. The zero-order valence-electron chi connectivity index (χ0n) is 14.3. The average molecular weight is 316 g/mol. The second-order valence-electron chi connectivity index (χ2n) is 6.60. The Morgan fingerprint density at radius 3 is 1.87 bits per heavy atom. The summed E-state index contributed by atoms with van der Waals surface area (Å²) >= 11 is 0. The van der Waals surface area contributed by atoms with Gasteiger partial charge < -0.3 is 19.6 Å². The van der Waals surface area contributed by atoms with Gasteiger partial charge in [0.1, 0.15) is 6.17 Å². The number of carbonyl (C=O) groups excluding carboxylic acids is 2. The van der Waals surface area contributed by atoms with Gasteiger partial charge in [-0.1, -0.05) is 30.3 Å². The lowest BCUT2D eigenvalue weighted by Crippen LogP contribution is -2.71. The zero-order chi connectivity index (χ0) is 16.9. The molecule has 0 radical (unpaired) electrons. The van der Waals surface area contributed by atoms with Crippen LogP contribution >= 0.6 is 0 Å². The van der Waals surface area contributed by atoms with Gasteiger partial charge in [-0.05, 0) is 12.5 Å². The summed E-state index contributed by atoms with van der Waals surface area (Å²) in [5.74, 6) is 0.109. The molecule has 0 N–H and O–H groups in total. The van der Waals surface area contributed by atoms with Crippen LogP contribution in [0, 0.1) is 5.92 Å². The van der Waals surface area contributed by atoms with Crippen molar-refractivity contribution in [2.24, 2.45) is 5.92 Å². The van der Waals surface area contributed by atoms with Crippen LogP contribution < -0.4 is 0 Å². The highest BCUT2D eigenvalue weighted by Gasteiger charge is 2.53. The Kier molecular flexibility index (Phi) is 3.70. The molecule has 4 amide bonds. The van der Waals surface area contributed by atoms with E-state index in [9.17, 15) is 9.59 Å². The summed E-state index contributed by atoms with van der Waals surface area (Å²) < 4.78 is 0. The van der Waals surface area contributed by atoms with Gasteiger partial charge in [-0.2, -0.15) is 0 Å². The third-order valence-corrected chi connectivity index (χ3v) is 5.44. The number of urea groups is 2. The smallest absolute Gasteiger partial charge is 0.321 e. The monoisotopic (exact) mass is 316 g/mol. The number of hydrogen-bond donors (Lipinski definition) is 0. The van der Waals surface area contributed by atoms with Crippen molar-refractivity contribution in [2.45, 2.75) is 25.2 Å². The lowest BCUT2D eigenvalue weighted by atomic mass is 9.80. The highest BCUT2D eigenvalue weighted by molar-refractivity contribution is 5.80. The number of hydrogen-bond acceptors (Lipinski definition) is 2. The molecule has 2 aliphatic rings. The van der Waals surface area contributed by atoms with E-state index in [1.54, 1.807) is 33.7 Å². The van der Waals surface area contributed by atoms with E-state index in [1.165, 1.54) is 0 Å². The average Bonchev–Trinajstić information content (AvgIpc) is 2.56. The van der Waals surface area contributed by atoms with Gasteiger partial charge in [0, 0.05) is 40.2 Å². The van der Waals surface area contributed by atoms with Crippen molar-refractivity contribution in [3.8, 4) is 0 Å². The molecular weight excluding hydrogens is 292 g/mol. The molecule has 6 heteroatoms. The van der Waals surface area contributed by atoms with Crippen molar-refractivity contribution < 1.29 is 9.59 Å². The standard InChI is InChI=1S/C17H24N4O2/c1-11-13-14(12-9-7-6-8-10-12)19(3)17(23)21(5)15(13)20(4)16(22)18(11)2/h6-11,13-15H,1-5H3/t11-,13-,14+,15-/m0/s1. The van der Waals surface area contributed by atoms with Crippen LogP contribution in [0.5, 0.6) is 0 Å². The Morgan fingerprint density at radius 1 is 0.783 bits per heavy atom. The number of amides is 4. The molecule has 2 saturated heterocycles. The third kappa shape index (κ3) is 2.16. The molecule has 0 saturated carbocycles. The summed E-state index contributed by atoms with van der Waals surface area (Å²) in [7, 11) is 7.23. The largest absolute Gasteiger partial charge is 0.324 e. The van der Waals surface area contributed by atoms with Crippen LogP contribution in [0.25, 0.3) is 0 Å². The normalized spacial score (nSPS) is 31.5. The number of fused-ring (bicyclic) bond motifs is 1. The van der Waals surface area contributed by atoms with Crippen molar-refractivity contribution in [3.05, 3.63) is 35.9 Å². The van der Waals surface area contributed by atoms with Crippen molar-refractivity contribution in [3.63, 3.8) is 0 Å². The highest BCUT2D eigenvalue weighted by atomic mass is 16.2. The highest BCUT2D eigenvalue weighted by Crippen LogP contribution is 2.43. The van der Waals surface area contributed by atoms with E-state index in [0.29, 0.717) is 0 Å². The molecule has 2 aliphatic heterocycles. The van der Waals surface area contributed by atoms with Gasteiger partial charge in [0.15, 0.2) is 0 Å². The molecule has 0 unspecified atom stereocenters. The number of rotatable bonds is 1. The van der Waals surface area contributed by atoms with E-state index in [4.69, 9.17) is 0 Å². The van der Waals surface area contributed by atoms with E-state index in [-0.39, 0.29) is 36.2 Å². The van der Waals surface area contributed by atoms with E-state index in [2.05, 4.69) is 19.1 Å². The Balaban J connectivity index is 2.11. The fourth-order valence-corrected chi connectivity index (χ4v) is 4.08. The third-order valence-electron chi connectivity index (χ3n) is 5.44. The lowest BCUT2D eigenvalue weighted by molar-refractivity contribution is -0.0652. The predicted molar refractivity (Wildman–Crippen MR) is 87.8 cm³/mol. The summed E-state index contributed by atoms with van der Waals surface area (Å²) in [6, 6.07) is 9.94. The minimum Gasteiger partial charge on any atom is -0.324 e. The second-order valence-corrected chi connectivity index (χ2v) is 6.60. The summed E-state index contributed by atoms with van der Waals surface area (Å²) in [5.41, 5.74) is 1.11. The van der Waals surface area contributed by atoms with Crippen molar-refractivity contribution >= 4 is 12.1 Å². The maximum atomic E-state index is 12.7. The van der Waals surface area contributed by atoms with Crippen LogP contribution in [0.2, 0.25) is 0 Å². The first kappa shape index (κ1) is 15.6. The molecular formula is C17H24N4O2. The summed E-state index contributed by atoms with van der Waals surface area (Å²) in [4.78, 5) is 32.1. The quantitative estimate of drug-likeness (QED) is 0.796. The maximum absolute atomic E-state index is 12.7. The molecule has 0 aliphatic carbocycles. The molecule has 4 atom stereocenters. The van der Waals surface area contributed by atoms with Crippen LogP contribution in [-0.2, 0) is 0 Å². The number of nitrogens with zero attached hydrogens (tertiary/aromatic N) is 4. The van der Waals surface area contributed by atoms with Crippen molar-refractivity contribution in [1.82, 2.24) is 19.6 Å². The summed E-state index contributed by atoms with van der Waals surface area (Å²) in [6.07, 6.45) is -0.234. The second kappa shape index (κ2) is 5.44. The minimum atomic E-state index is -0.234. The van der Waals surface area contributed by atoms with Gasteiger partial charge >= 0.3 is 12.1 Å². The maximum Gasteiger partial charge on any atom is 0.321 e. The SMILES string of the molecule is C[C@H]1[C@@H]2[C@H](N(C)C(=O)N(C)[C@@H]2c2ccccc2)N(C)C(=O)N1C. The van der Waals surface area contributed by atoms with Gasteiger partial charge in [0.25, 0.3) is 0 Å². The molecule has 0 aromatic heterocycles. The Morgan fingerprint density at radius 2 is 1.30 bits per heavy atom. The molecule has 23 heavy (non-hydrogen) atoms. The van der Waals surface area contributed by atoms with Gasteiger partial charge in [-0.3, -0.25) is 0 Å². The molecule has 6 nitrogen and oxygen atoms in total. The van der Waals surface area contributed by atoms with Crippen LogP contribution in [0.4, 0.5) is 9.59 Å².